The van der Waals surface area contributed by atoms with Crippen molar-refractivity contribution >= 4 is 5.82 Å². The van der Waals surface area contributed by atoms with Gasteiger partial charge in [-0.25, -0.2) is 4.98 Å². The molecule has 0 saturated heterocycles. The van der Waals surface area contributed by atoms with Crippen molar-refractivity contribution in [1.82, 2.24) is 4.98 Å². The van der Waals surface area contributed by atoms with Gasteiger partial charge in [-0.15, -0.1) is 0 Å². The molecule has 0 aliphatic carbocycles. The molecule has 13 heavy (non-hydrogen) atoms. The van der Waals surface area contributed by atoms with E-state index in [1.165, 1.54) is 5.56 Å². The number of hydrogen-bond donors (Lipinski definition) is 1. The molecule has 0 atom stereocenters. The summed E-state index contributed by atoms with van der Waals surface area (Å²) in [6, 6.07) is 4.62. The van der Waals surface area contributed by atoms with Crippen molar-refractivity contribution in [3.8, 4) is 0 Å². The Morgan fingerprint density at radius 3 is 2.46 bits per heavy atom. The van der Waals surface area contributed by atoms with E-state index in [0.29, 0.717) is 12.0 Å². The molecule has 1 aromatic heterocycles. The van der Waals surface area contributed by atoms with Crippen LogP contribution in [-0.4, -0.2) is 11.0 Å². The van der Waals surface area contributed by atoms with Crippen LogP contribution >= 0.6 is 0 Å². The monoisotopic (exact) mass is 178 g/mol. The van der Waals surface area contributed by atoms with E-state index in [1.807, 2.05) is 6.20 Å². The average molecular weight is 178 g/mol. The zero-order valence-electron chi connectivity index (χ0n) is 8.83. The van der Waals surface area contributed by atoms with Gasteiger partial charge in [-0.1, -0.05) is 13.8 Å². The Morgan fingerprint density at radius 1 is 1.23 bits per heavy atom. The highest BCUT2D eigenvalue weighted by molar-refractivity contribution is 5.39. The molecule has 1 N–H and O–H groups in total. The summed E-state index contributed by atoms with van der Waals surface area (Å²) >= 11 is 0. The van der Waals surface area contributed by atoms with Gasteiger partial charge in [0.15, 0.2) is 0 Å². The summed E-state index contributed by atoms with van der Waals surface area (Å²) in [5.74, 6) is 1.54. The topological polar surface area (TPSA) is 24.9 Å². The van der Waals surface area contributed by atoms with E-state index >= 15 is 0 Å². The number of anilines is 1. The van der Waals surface area contributed by atoms with Gasteiger partial charge < -0.3 is 5.32 Å². The van der Waals surface area contributed by atoms with Gasteiger partial charge in [-0.2, -0.15) is 0 Å². The van der Waals surface area contributed by atoms with Crippen molar-refractivity contribution in [1.29, 1.82) is 0 Å². The molecule has 2 heteroatoms. The minimum Gasteiger partial charge on any atom is -0.368 e. The summed E-state index contributed by atoms with van der Waals surface area (Å²) in [4.78, 5) is 4.25. The lowest BCUT2D eigenvalue weighted by atomic mass is 10.1. The molecule has 0 unspecified atom stereocenters. The van der Waals surface area contributed by atoms with Crippen LogP contribution in [0.3, 0.4) is 0 Å². The number of aromatic nitrogens is 1. The third-order valence-corrected chi connectivity index (χ3v) is 1.89. The van der Waals surface area contributed by atoms with Gasteiger partial charge in [-0.05, 0) is 37.5 Å². The van der Waals surface area contributed by atoms with Gasteiger partial charge in [0.05, 0.1) is 0 Å². The van der Waals surface area contributed by atoms with Gasteiger partial charge in [0.1, 0.15) is 5.82 Å². The minimum atomic E-state index is 0.440. The summed E-state index contributed by atoms with van der Waals surface area (Å²) in [5.41, 5.74) is 1.33. The molecule has 0 aliphatic heterocycles. The maximum Gasteiger partial charge on any atom is 0.126 e. The highest BCUT2D eigenvalue weighted by Crippen LogP contribution is 2.16. The fraction of sp³-hybridized carbons (Fsp3) is 0.545. The van der Waals surface area contributed by atoms with Crippen LogP contribution in [0.15, 0.2) is 18.3 Å². The minimum absolute atomic E-state index is 0.440. The van der Waals surface area contributed by atoms with Gasteiger partial charge in [0.2, 0.25) is 0 Å². The number of hydrogen-bond acceptors (Lipinski definition) is 2. The van der Waals surface area contributed by atoms with E-state index in [-0.39, 0.29) is 0 Å². The van der Waals surface area contributed by atoms with Crippen LogP contribution in [0.1, 0.15) is 39.2 Å². The molecular weight excluding hydrogens is 160 g/mol. The molecule has 0 spiro atoms. The molecule has 0 saturated carbocycles. The first-order valence-electron chi connectivity index (χ1n) is 4.82. The van der Waals surface area contributed by atoms with Crippen LogP contribution in [0.5, 0.6) is 0 Å². The van der Waals surface area contributed by atoms with Crippen molar-refractivity contribution < 1.29 is 0 Å². The molecule has 0 radical (unpaired) electrons. The number of nitrogens with zero attached hydrogens (tertiary/aromatic N) is 1. The van der Waals surface area contributed by atoms with Crippen molar-refractivity contribution in [2.75, 3.05) is 5.32 Å². The van der Waals surface area contributed by atoms with Crippen LogP contribution in [0.4, 0.5) is 5.82 Å². The Labute approximate surface area is 80.4 Å². The second-order valence-corrected chi connectivity index (χ2v) is 3.93. The van der Waals surface area contributed by atoms with Crippen LogP contribution in [0.2, 0.25) is 0 Å². The molecule has 0 aromatic carbocycles. The number of pyridine rings is 1. The van der Waals surface area contributed by atoms with Gasteiger partial charge in [0.25, 0.3) is 0 Å². The van der Waals surface area contributed by atoms with Gasteiger partial charge in [0, 0.05) is 12.2 Å². The predicted molar refractivity (Wildman–Crippen MR) is 57.1 cm³/mol. The summed E-state index contributed by atoms with van der Waals surface area (Å²) in [6.07, 6.45) is 1.86. The van der Waals surface area contributed by atoms with Crippen molar-refractivity contribution in [2.24, 2.45) is 0 Å². The molecule has 1 rings (SSSR count). The Bertz CT molecular complexity index is 267. The van der Waals surface area contributed by atoms with Crippen LogP contribution < -0.4 is 5.32 Å². The second kappa shape index (κ2) is 4.26. The van der Waals surface area contributed by atoms with Crippen molar-refractivity contribution in [3.63, 3.8) is 0 Å². The molecule has 1 aromatic rings. The quantitative estimate of drug-likeness (QED) is 0.769. The van der Waals surface area contributed by atoms with Gasteiger partial charge >= 0.3 is 0 Å². The van der Waals surface area contributed by atoms with Gasteiger partial charge in [-0.3, -0.25) is 0 Å². The molecule has 72 valence electrons. The van der Waals surface area contributed by atoms with Crippen LogP contribution in [0.25, 0.3) is 0 Å². The van der Waals surface area contributed by atoms with E-state index in [0.717, 1.165) is 5.82 Å². The Balaban J connectivity index is 2.79. The maximum atomic E-state index is 4.25. The highest BCUT2D eigenvalue weighted by atomic mass is 15.0. The average Bonchev–Trinajstić information content (AvgIpc) is 2.03. The molecule has 1 heterocycles. The van der Waals surface area contributed by atoms with E-state index in [2.05, 4.69) is 50.1 Å². The zero-order valence-corrected chi connectivity index (χ0v) is 8.83. The SMILES string of the molecule is CC(C)Nc1cc(C(C)C)ccn1. The maximum absolute atomic E-state index is 4.25. The summed E-state index contributed by atoms with van der Waals surface area (Å²) < 4.78 is 0. The second-order valence-electron chi connectivity index (χ2n) is 3.93. The Morgan fingerprint density at radius 2 is 1.92 bits per heavy atom. The molecule has 2 nitrogen and oxygen atoms in total. The first-order chi connectivity index (χ1) is 6.09. The van der Waals surface area contributed by atoms with Crippen LogP contribution in [-0.2, 0) is 0 Å². The summed E-state index contributed by atoms with van der Waals surface area (Å²) in [6.45, 7) is 8.61. The van der Waals surface area contributed by atoms with E-state index in [1.54, 1.807) is 0 Å². The normalized spacial score (nSPS) is 10.9. The van der Waals surface area contributed by atoms with E-state index in [9.17, 15) is 0 Å². The van der Waals surface area contributed by atoms with Crippen molar-refractivity contribution in [3.05, 3.63) is 23.9 Å². The third kappa shape index (κ3) is 3.05. The van der Waals surface area contributed by atoms with E-state index < -0.39 is 0 Å². The highest BCUT2D eigenvalue weighted by Gasteiger charge is 2.01. The lowest BCUT2D eigenvalue weighted by molar-refractivity contribution is 0.853. The number of rotatable bonds is 3. The standard InChI is InChI=1S/C11H18N2/c1-8(2)10-5-6-12-11(7-10)13-9(3)4/h5-9H,1-4H3,(H,12,13). The summed E-state index contributed by atoms with van der Waals surface area (Å²) in [5, 5.41) is 3.29. The summed E-state index contributed by atoms with van der Waals surface area (Å²) in [7, 11) is 0. The first-order valence-corrected chi connectivity index (χ1v) is 4.82. The lowest BCUT2D eigenvalue weighted by Gasteiger charge is -2.11. The fourth-order valence-corrected chi connectivity index (χ4v) is 1.18. The fourth-order valence-electron chi connectivity index (χ4n) is 1.18. The van der Waals surface area contributed by atoms with Crippen molar-refractivity contribution in [2.45, 2.75) is 39.7 Å². The smallest absolute Gasteiger partial charge is 0.126 e. The zero-order chi connectivity index (χ0) is 9.84. The molecular formula is C11H18N2. The Kier molecular flexibility index (Phi) is 3.29. The first kappa shape index (κ1) is 10.0. The predicted octanol–water partition coefficient (Wildman–Crippen LogP) is 3.03. The molecule has 0 fully saturated rings. The third-order valence-electron chi connectivity index (χ3n) is 1.89. The Hall–Kier alpha value is -1.05. The lowest BCUT2D eigenvalue weighted by Crippen LogP contribution is -2.11. The molecule has 0 bridgehead atoms. The molecule has 0 amide bonds. The largest absolute Gasteiger partial charge is 0.368 e. The van der Waals surface area contributed by atoms with E-state index in [4.69, 9.17) is 0 Å². The molecule has 0 aliphatic rings. The number of nitrogens with one attached hydrogen (secondary N) is 1. The van der Waals surface area contributed by atoms with Crippen LogP contribution in [0, 0.1) is 0 Å².